The van der Waals surface area contributed by atoms with E-state index in [0.29, 0.717) is 24.9 Å². The molecule has 2 aliphatic rings. The van der Waals surface area contributed by atoms with Crippen LogP contribution in [-0.2, 0) is 16.0 Å². The summed E-state index contributed by atoms with van der Waals surface area (Å²) in [6.07, 6.45) is 5.47. The first-order valence-corrected chi connectivity index (χ1v) is 9.35. The molecule has 2 aromatic rings. The minimum atomic E-state index is 0.115. The first kappa shape index (κ1) is 16.5. The molecule has 1 aromatic heterocycles. The van der Waals surface area contributed by atoms with E-state index in [9.17, 15) is 4.79 Å². The molecule has 2 atom stereocenters. The first-order valence-electron chi connectivity index (χ1n) is 9.35. The number of aryl methyl sites for hydroxylation is 1. The van der Waals surface area contributed by atoms with Crippen molar-refractivity contribution in [2.45, 2.75) is 56.7 Å². The molecule has 1 aliphatic carbocycles. The Hall–Kier alpha value is -1.92. The third kappa shape index (κ3) is 4.02. The van der Waals surface area contributed by atoms with Crippen molar-refractivity contribution >= 4 is 16.9 Å². The molecule has 134 valence electrons. The van der Waals surface area contributed by atoms with E-state index in [2.05, 4.69) is 20.6 Å². The SMILES string of the molecule is O=C(CCc1nc2ccccc2[nH]1)N[C@H]1CC[C@H]1NC1CCOCC1. The van der Waals surface area contributed by atoms with Gasteiger partial charge in [-0.15, -0.1) is 0 Å². The van der Waals surface area contributed by atoms with Crippen molar-refractivity contribution in [3.63, 3.8) is 0 Å². The Balaban J connectivity index is 1.23. The summed E-state index contributed by atoms with van der Waals surface area (Å²) < 4.78 is 5.40. The molecule has 25 heavy (non-hydrogen) atoms. The van der Waals surface area contributed by atoms with Gasteiger partial charge in [0.1, 0.15) is 5.82 Å². The lowest BCUT2D eigenvalue weighted by Gasteiger charge is -2.41. The van der Waals surface area contributed by atoms with Gasteiger partial charge in [0.15, 0.2) is 0 Å². The van der Waals surface area contributed by atoms with Crippen LogP contribution in [0.15, 0.2) is 24.3 Å². The Morgan fingerprint density at radius 2 is 1.96 bits per heavy atom. The lowest BCUT2D eigenvalue weighted by Crippen LogP contribution is -2.59. The van der Waals surface area contributed by atoms with Crippen molar-refractivity contribution in [1.29, 1.82) is 0 Å². The highest BCUT2D eigenvalue weighted by molar-refractivity contribution is 5.77. The van der Waals surface area contributed by atoms with Gasteiger partial charge in [-0.1, -0.05) is 12.1 Å². The van der Waals surface area contributed by atoms with Gasteiger partial charge < -0.3 is 20.4 Å². The van der Waals surface area contributed by atoms with Crippen molar-refractivity contribution < 1.29 is 9.53 Å². The van der Waals surface area contributed by atoms with Crippen LogP contribution in [0.25, 0.3) is 11.0 Å². The Morgan fingerprint density at radius 3 is 2.72 bits per heavy atom. The van der Waals surface area contributed by atoms with Crippen LogP contribution in [0.4, 0.5) is 0 Å². The third-order valence-electron chi connectivity index (χ3n) is 5.32. The molecule has 0 unspecified atom stereocenters. The van der Waals surface area contributed by atoms with Gasteiger partial charge >= 0.3 is 0 Å². The average Bonchev–Trinajstić information content (AvgIpc) is 3.05. The maximum absolute atomic E-state index is 12.3. The van der Waals surface area contributed by atoms with Crippen LogP contribution in [0, 0.1) is 0 Å². The van der Waals surface area contributed by atoms with Gasteiger partial charge in [0.05, 0.1) is 11.0 Å². The van der Waals surface area contributed by atoms with E-state index in [4.69, 9.17) is 4.74 Å². The Bertz CT molecular complexity index is 690. The minimum absolute atomic E-state index is 0.115. The Labute approximate surface area is 147 Å². The van der Waals surface area contributed by atoms with Gasteiger partial charge in [-0.25, -0.2) is 4.98 Å². The largest absolute Gasteiger partial charge is 0.381 e. The summed E-state index contributed by atoms with van der Waals surface area (Å²) in [6.45, 7) is 1.69. The number of nitrogens with zero attached hydrogens (tertiary/aromatic N) is 1. The molecule has 0 radical (unpaired) electrons. The number of nitrogens with one attached hydrogen (secondary N) is 3. The number of carbonyl (C=O) groups is 1. The number of imidazole rings is 1. The number of para-hydroxylation sites is 2. The zero-order valence-electron chi connectivity index (χ0n) is 14.5. The molecule has 2 fully saturated rings. The molecule has 1 amide bonds. The zero-order chi connectivity index (χ0) is 17.1. The third-order valence-corrected chi connectivity index (χ3v) is 5.32. The second-order valence-corrected chi connectivity index (χ2v) is 7.11. The number of ether oxygens (including phenoxy) is 1. The van der Waals surface area contributed by atoms with Gasteiger partial charge in [-0.05, 0) is 37.8 Å². The number of fused-ring (bicyclic) bond motifs is 1. The number of hydrogen-bond donors (Lipinski definition) is 3. The number of H-pyrrole nitrogens is 1. The maximum atomic E-state index is 12.3. The van der Waals surface area contributed by atoms with Gasteiger partial charge in [-0.2, -0.15) is 0 Å². The van der Waals surface area contributed by atoms with Crippen LogP contribution < -0.4 is 10.6 Å². The van der Waals surface area contributed by atoms with E-state index >= 15 is 0 Å². The molecular formula is C19H26N4O2. The minimum Gasteiger partial charge on any atom is -0.381 e. The quantitative estimate of drug-likeness (QED) is 0.749. The molecule has 1 aliphatic heterocycles. The lowest BCUT2D eigenvalue weighted by atomic mass is 9.85. The van der Waals surface area contributed by atoms with E-state index in [1.54, 1.807) is 0 Å². The molecule has 2 heterocycles. The fourth-order valence-corrected chi connectivity index (χ4v) is 3.67. The molecule has 6 nitrogen and oxygen atoms in total. The van der Waals surface area contributed by atoms with Crippen LogP contribution in [0.3, 0.4) is 0 Å². The van der Waals surface area contributed by atoms with Crippen molar-refractivity contribution in [3.05, 3.63) is 30.1 Å². The summed E-state index contributed by atoms with van der Waals surface area (Å²) in [4.78, 5) is 20.1. The Kier molecular flexibility index (Phi) is 4.99. The predicted molar refractivity (Wildman–Crippen MR) is 96.3 cm³/mol. The smallest absolute Gasteiger partial charge is 0.220 e. The summed E-state index contributed by atoms with van der Waals surface area (Å²) in [5.74, 6) is 0.991. The van der Waals surface area contributed by atoms with Gasteiger partial charge in [0, 0.05) is 44.2 Å². The molecule has 0 spiro atoms. The lowest BCUT2D eigenvalue weighted by molar-refractivity contribution is -0.122. The van der Waals surface area contributed by atoms with E-state index in [1.807, 2.05) is 24.3 Å². The van der Waals surface area contributed by atoms with Crippen LogP contribution in [0.5, 0.6) is 0 Å². The summed E-state index contributed by atoms with van der Waals surface area (Å²) in [7, 11) is 0. The second-order valence-electron chi connectivity index (χ2n) is 7.11. The van der Waals surface area contributed by atoms with Crippen molar-refractivity contribution in [3.8, 4) is 0 Å². The van der Waals surface area contributed by atoms with E-state index in [-0.39, 0.29) is 11.9 Å². The number of benzene rings is 1. The second kappa shape index (κ2) is 7.54. The highest BCUT2D eigenvalue weighted by atomic mass is 16.5. The average molecular weight is 342 g/mol. The number of rotatable bonds is 6. The van der Waals surface area contributed by atoms with Crippen LogP contribution >= 0.6 is 0 Å². The van der Waals surface area contributed by atoms with Gasteiger partial charge in [-0.3, -0.25) is 4.79 Å². The number of carbonyl (C=O) groups excluding carboxylic acids is 1. The maximum Gasteiger partial charge on any atom is 0.220 e. The molecule has 4 rings (SSSR count). The van der Waals surface area contributed by atoms with Gasteiger partial charge in [0.25, 0.3) is 0 Å². The summed E-state index contributed by atoms with van der Waals surface area (Å²) in [5.41, 5.74) is 1.98. The highest BCUT2D eigenvalue weighted by Gasteiger charge is 2.33. The number of hydrogen-bond acceptors (Lipinski definition) is 4. The van der Waals surface area contributed by atoms with E-state index in [0.717, 1.165) is 55.8 Å². The number of aromatic nitrogens is 2. The summed E-state index contributed by atoms with van der Waals surface area (Å²) in [6, 6.07) is 9.17. The fraction of sp³-hybridized carbons (Fsp3) is 0.579. The van der Waals surface area contributed by atoms with Crippen molar-refractivity contribution in [2.75, 3.05) is 13.2 Å². The summed E-state index contributed by atoms with van der Waals surface area (Å²) >= 11 is 0. The number of aromatic amines is 1. The van der Waals surface area contributed by atoms with Crippen LogP contribution in [0.2, 0.25) is 0 Å². The standard InChI is InChI=1S/C19H26N4O2/c24-19(8-7-18-21-14-3-1-2-4-15(14)22-18)23-17-6-5-16(17)20-13-9-11-25-12-10-13/h1-4,13,16-17,20H,5-12H2,(H,21,22)(H,23,24)/t16-,17+/m1/s1. The molecular weight excluding hydrogens is 316 g/mol. The fourth-order valence-electron chi connectivity index (χ4n) is 3.67. The number of amides is 1. The van der Waals surface area contributed by atoms with Crippen molar-refractivity contribution in [1.82, 2.24) is 20.6 Å². The molecule has 1 aromatic carbocycles. The first-order chi connectivity index (χ1) is 12.3. The predicted octanol–water partition coefficient (Wildman–Crippen LogP) is 1.91. The van der Waals surface area contributed by atoms with E-state index in [1.165, 1.54) is 0 Å². The normalized spacial score (nSPS) is 24.2. The topological polar surface area (TPSA) is 79.0 Å². The Morgan fingerprint density at radius 1 is 1.16 bits per heavy atom. The van der Waals surface area contributed by atoms with Crippen molar-refractivity contribution in [2.24, 2.45) is 0 Å². The molecule has 1 saturated heterocycles. The van der Waals surface area contributed by atoms with E-state index < -0.39 is 0 Å². The summed E-state index contributed by atoms with van der Waals surface area (Å²) in [5, 5.41) is 6.87. The highest BCUT2D eigenvalue weighted by Crippen LogP contribution is 2.22. The zero-order valence-corrected chi connectivity index (χ0v) is 14.5. The molecule has 3 N–H and O–H groups in total. The van der Waals surface area contributed by atoms with Crippen LogP contribution in [-0.4, -0.2) is 47.2 Å². The monoisotopic (exact) mass is 342 g/mol. The molecule has 0 bridgehead atoms. The molecule has 6 heteroatoms. The molecule has 1 saturated carbocycles. The van der Waals surface area contributed by atoms with Crippen LogP contribution in [0.1, 0.15) is 37.9 Å². The van der Waals surface area contributed by atoms with Gasteiger partial charge in [0.2, 0.25) is 5.91 Å².